The Kier molecular flexibility index (Phi) is 9.19. The first-order chi connectivity index (χ1) is 12.4. The number of amides is 3. The third-order valence-corrected chi connectivity index (χ3v) is 3.95. The largest absolute Gasteiger partial charge is 0.449 e. The minimum Gasteiger partial charge on any atom is -0.449 e. The van der Waals surface area contributed by atoms with Crippen molar-refractivity contribution in [1.29, 1.82) is 0 Å². The molecule has 0 saturated carbocycles. The number of nitrogens with two attached hydrogens (primary N) is 1. The Morgan fingerprint density at radius 3 is 2.69 bits per heavy atom. The molecule has 7 nitrogen and oxygen atoms in total. The molecule has 0 bridgehead atoms. The molecule has 0 aromatic heterocycles. The highest BCUT2D eigenvalue weighted by Gasteiger charge is 2.26. The smallest absolute Gasteiger partial charge is 0.414 e. The summed E-state index contributed by atoms with van der Waals surface area (Å²) in [5.41, 5.74) is 5.74. The first kappa shape index (κ1) is 21.5. The number of hydrogen-bond donors (Lipinski definition) is 2. The first-order valence-electron chi connectivity index (χ1n) is 9.00. The maximum Gasteiger partial charge on any atom is 0.414 e. The van der Waals surface area contributed by atoms with E-state index >= 15 is 0 Å². The summed E-state index contributed by atoms with van der Waals surface area (Å²) < 4.78 is 5.15. The zero-order chi connectivity index (χ0) is 19.5. The van der Waals surface area contributed by atoms with Crippen LogP contribution in [0.1, 0.15) is 46.0 Å². The molecule has 0 saturated heterocycles. The van der Waals surface area contributed by atoms with E-state index in [2.05, 4.69) is 11.9 Å². The summed E-state index contributed by atoms with van der Waals surface area (Å²) in [5.74, 6) is -0.948. The van der Waals surface area contributed by atoms with Gasteiger partial charge in [0.15, 0.2) is 0 Å². The van der Waals surface area contributed by atoms with Crippen molar-refractivity contribution >= 4 is 17.9 Å². The molecule has 0 spiro atoms. The van der Waals surface area contributed by atoms with Crippen molar-refractivity contribution in [2.75, 3.05) is 6.61 Å². The minimum absolute atomic E-state index is 0.332. The molecule has 0 radical (unpaired) electrons. The fourth-order valence-electron chi connectivity index (χ4n) is 2.51. The van der Waals surface area contributed by atoms with Gasteiger partial charge in [0.1, 0.15) is 6.04 Å². The molecule has 1 rings (SSSR count). The van der Waals surface area contributed by atoms with E-state index < -0.39 is 23.9 Å². The summed E-state index contributed by atoms with van der Waals surface area (Å²) in [6, 6.07) is -1.08. The summed E-state index contributed by atoms with van der Waals surface area (Å²) in [5, 5.41) is 2.67. The molecule has 1 heterocycles. The summed E-state index contributed by atoms with van der Waals surface area (Å²) in [7, 11) is 0. The lowest BCUT2D eigenvalue weighted by Crippen LogP contribution is -2.45. The fraction of sp³-hybridized carbons (Fsp3) is 0.526. The number of unbranched alkanes of at least 4 members (excludes halogenated alkanes) is 1. The van der Waals surface area contributed by atoms with Crippen LogP contribution in [0.3, 0.4) is 0 Å². The SMILES string of the molecule is C=CCC1C=C(C(=O)NC(CCCC)C(N)=O)C=CN1C(=O)OCCC. The van der Waals surface area contributed by atoms with Crippen molar-refractivity contribution in [3.8, 4) is 0 Å². The molecule has 0 aromatic rings. The molecule has 0 aromatic carbocycles. The van der Waals surface area contributed by atoms with E-state index in [1.165, 1.54) is 17.2 Å². The van der Waals surface area contributed by atoms with Crippen LogP contribution < -0.4 is 11.1 Å². The van der Waals surface area contributed by atoms with Crippen molar-refractivity contribution in [2.45, 2.75) is 58.0 Å². The molecule has 144 valence electrons. The predicted octanol–water partition coefficient (Wildman–Crippen LogP) is 2.39. The zero-order valence-corrected chi connectivity index (χ0v) is 15.6. The van der Waals surface area contributed by atoms with Crippen LogP contribution in [-0.2, 0) is 14.3 Å². The van der Waals surface area contributed by atoms with Crippen LogP contribution in [0.4, 0.5) is 4.79 Å². The summed E-state index contributed by atoms with van der Waals surface area (Å²) in [6.07, 6.45) is 9.31. The molecule has 1 aliphatic rings. The molecular weight excluding hydrogens is 334 g/mol. The van der Waals surface area contributed by atoms with Crippen LogP contribution in [0.2, 0.25) is 0 Å². The number of rotatable bonds is 10. The van der Waals surface area contributed by atoms with Crippen molar-refractivity contribution in [1.82, 2.24) is 10.2 Å². The maximum absolute atomic E-state index is 12.5. The van der Waals surface area contributed by atoms with Gasteiger partial charge in [-0.25, -0.2) is 4.79 Å². The number of ether oxygens (including phenoxy) is 1. The van der Waals surface area contributed by atoms with E-state index in [9.17, 15) is 14.4 Å². The molecule has 1 aliphatic heterocycles. The summed E-state index contributed by atoms with van der Waals surface area (Å²) in [4.78, 5) is 37.6. The highest BCUT2D eigenvalue weighted by atomic mass is 16.6. The normalized spacial score (nSPS) is 17.2. The standard InChI is InChI=1S/C19H29N3O4/c1-4-7-9-16(17(20)23)21-18(24)14-10-11-22(15(13-14)8-5-2)19(25)26-12-6-3/h5,10-11,13,15-16H,2,4,6-9,12H2,1,3H3,(H2,20,23)(H,21,24). The van der Waals surface area contributed by atoms with Gasteiger partial charge < -0.3 is 15.8 Å². The average Bonchev–Trinajstić information content (AvgIpc) is 2.62. The summed E-state index contributed by atoms with van der Waals surface area (Å²) >= 11 is 0. The highest BCUT2D eigenvalue weighted by Crippen LogP contribution is 2.19. The molecule has 3 amide bonds. The Bertz CT molecular complexity index is 583. The zero-order valence-electron chi connectivity index (χ0n) is 15.6. The second kappa shape index (κ2) is 11.1. The van der Waals surface area contributed by atoms with Crippen LogP contribution in [0.5, 0.6) is 0 Å². The number of hydrogen-bond acceptors (Lipinski definition) is 4. The quantitative estimate of drug-likeness (QED) is 0.582. The maximum atomic E-state index is 12.5. The third-order valence-electron chi connectivity index (χ3n) is 3.95. The molecular formula is C19H29N3O4. The fourth-order valence-corrected chi connectivity index (χ4v) is 2.51. The third kappa shape index (κ3) is 6.38. The van der Waals surface area contributed by atoms with Gasteiger partial charge in [-0.3, -0.25) is 14.5 Å². The lowest BCUT2D eigenvalue weighted by molar-refractivity contribution is -0.125. The second-order valence-corrected chi connectivity index (χ2v) is 6.12. The van der Waals surface area contributed by atoms with E-state index in [-0.39, 0.29) is 6.04 Å². The van der Waals surface area contributed by atoms with Crippen LogP contribution in [0.15, 0.2) is 36.6 Å². The van der Waals surface area contributed by atoms with E-state index in [1.807, 2.05) is 13.8 Å². The van der Waals surface area contributed by atoms with Gasteiger partial charge in [0.2, 0.25) is 5.91 Å². The molecule has 0 fully saturated rings. The summed E-state index contributed by atoms with van der Waals surface area (Å²) in [6.45, 7) is 7.94. The van der Waals surface area contributed by atoms with Crippen molar-refractivity contribution < 1.29 is 19.1 Å². The molecule has 7 heteroatoms. The van der Waals surface area contributed by atoms with Crippen molar-refractivity contribution in [3.63, 3.8) is 0 Å². The van der Waals surface area contributed by atoms with Crippen molar-refractivity contribution in [2.24, 2.45) is 5.73 Å². The first-order valence-corrected chi connectivity index (χ1v) is 9.00. The Labute approximate surface area is 154 Å². The van der Waals surface area contributed by atoms with Crippen LogP contribution >= 0.6 is 0 Å². The molecule has 2 unspecified atom stereocenters. The van der Waals surface area contributed by atoms with E-state index in [1.54, 1.807) is 12.2 Å². The highest BCUT2D eigenvalue weighted by molar-refractivity contribution is 5.99. The number of nitrogens with zero attached hydrogens (tertiary/aromatic N) is 1. The predicted molar refractivity (Wildman–Crippen MR) is 100.0 cm³/mol. The van der Waals surface area contributed by atoms with E-state index in [4.69, 9.17) is 10.5 Å². The molecule has 26 heavy (non-hydrogen) atoms. The molecule has 3 N–H and O–H groups in total. The van der Waals surface area contributed by atoms with Gasteiger partial charge in [-0.2, -0.15) is 0 Å². The van der Waals surface area contributed by atoms with E-state index in [0.717, 1.165) is 19.3 Å². The average molecular weight is 363 g/mol. The lowest BCUT2D eigenvalue weighted by Gasteiger charge is -2.28. The van der Waals surface area contributed by atoms with Gasteiger partial charge in [-0.15, -0.1) is 6.58 Å². The molecule has 0 aliphatic carbocycles. The number of carbonyl (C=O) groups is 3. The van der Waals surface area contributed by atoms with Crippen LogP contribution in [0, 0.1) is 0 Å². The Morgan fingerprint density at radius 1 is 1.38 bits per heavy atom. The van der Waals surface area contributed by atoms with E-state index in [0.29, 0.717) is 25.0 Å². The minimum atomic E-state index is -0.706. The van der Waals surface area contributed by atoms with Gasteiger partial charge in [-0.1, -0.05) is 32.8 Å². The van der Waals surface area contributed by atoms with Crippen molar-refractivity contribution in [3.05, 3.63) is 36.6 Å². The van der Waals surface area contributed by atoms with Gasteiger partial charge in [0, 0.05) is 11.8 Å². The topological polar surface area (TPSA) is 102 Å². The second-order valence-electron chi connectivity index (χ2n) is 6.12. The van der Waals surface area contributed by atoms with Gasteiger partial charge in [-0.05, 0) is 31.4 Å². The van der Waals surface area contributed by atoms with Crippen LogP contribution in [-0.4, -0.2) is 41.5 Å². The monoisotopic (exact) mass is 363 g/mol. The Hall–Kier alpha value is -2.57. The Balaban J connectivity index is 2.84. The number of carbonyl (C=O) groups excluding carboxylic acids is 3. The number of primary amides is 1. The lowest BCUT2D eigenvalue weighted by atomic mass is 10.0. The molecule has 2 atom stereocenters. The Morgan fingerprint density at radius 2 is 2.12 bits per heavy atom. The van der Waals surface area contributed by atoms with Gasteiger partial charge in [0.25, 0.3) is 5.91 Å². The number of nitrogens with one attached hydrogen (secondary N) is 1. The van der Waals surface area contributed by atoms with Gasteiger partial charge in [0.05, 0.1) is 12.6 Å². The van der Waals surface area contributed by atoms with Gasteiger partial charge >= 0.3 is 6.09 Å². The van der Waals surface area contributed by atoms with Crippen LogP contribution in [0.25, 0.3) is 0 Å².